The van der Waals surface area contributed by atoms with Gasteiger partial charge >= 0.3 is 0 Å². The Kier molecular flexibility index (Phi) is 4.14. The number of amides is 1. The minimum atomic E-state index is -0.233. The van der Waals surface area contributed by atoms with Gasteiger partial charge in [0.15, 0.2) is 11.2 Å². The van der Waals surface area contributed by atoms with Gasteiger partial charge in [-0.1, -0.05) is 29.3 Å². The number of hydrogen-bond donors (Lipinski definition) is 1. The van der Waals surface area contributed by atoms with Crippen LogP contribution in [0.15, 0.2) is 65.2 Å². The molecule has 26 heavy (non-hydrogen) atoms. The number of nitrogens with zero attached hydrogens (tertiary/aromatic N) is 2. The number of oxazole rings is 1. The van der Waals surface area contributed by atoms with Crippen LogP contribution in [-0.2, 0) is 0 Å². The van der Waals surface area contributed by atoms with Crippen LogP contribution < -0.4 is 5.32 Å². The van der Waals surface area contributed by atoms with Crippen LogP contribution in [0.2, 0.25) is 5.02 Å². The second kappa shape index (κ2) is 6.61. The highest BCUT2D eigenvalue weighted by Gasteiger charge is 2.13. The zero-order valence-electron chi connectivity index (χ0n) is 13.9. The van der Waals surface area contributed by atoms with Gasteiger partial charge in [0.1, 0.15) is 0 Å². The molecule has 4 aromatic rings. The Balaban J connectivity index is 1.65. The number of fused-ring (bicyclic) bond motifs is 1. The van der Waals surface area contributed by atoms with E-state index < -0.39 is 0 Å². The molecular formula is C20H14ClN3O2. The number of benzene rings is 2. The standard InChI is InChI=1S/C20H14ClN3O2/c1-12-4-6-13(7-5-12)19(25)23-16-11-14(8-9-15(16)21)20-24-18-17(26-20)3-2-10-22-18/h2-11H,1H3,(H,23,25). The fourth-order valence-electron chi connectivity index (χ4n) is 2.55. The molecule has 2 aromatic heterocycles. The maximum atomic E-state index is 12.4. The topological polar surface area (TPSA) is 68.0 Å². The molecule has 2 heterocycles. The second-order valence-corrected chi connectivity index (χ2v) is 6.27. The molecule has 0 aliphatic rings. The van der Waals surface area contributed by atoms with Gasteiger partial charge in [0.05, 0.1) is 10.7 Å². The summed E-state index contributed by atoms with van der Waals surface area (Å²) >= 11 is 6.24. The van der Waals surface area contributed by atoms with E-state index in [0.29, 0.717) is 39.0 Å². The lowest BCUT2D eigenvalue weighted by Crippen LogP contribution is -2.12. The molecule has 0 spiro atoms. The lowest BCUT2D eigenvalue weighted by atomic mass is 10.1. The summed E-state index contributed by atoms with van der Waals surface area (Å²) < 4.78 is 5.72. The van der Waals surface area contributed by atoms with Crippen molar-refractivity contribution in [3.8, 4) is 11.5 Å². The van der Waals surface area contributed by atoms with Crippen molar-refractivity contribution >= 4 is 34.4 Å². The van der Waals surface area contributed by atoms with E-state index >= 15 is 0 Å². The maximum Gasteiger partial charge on any atom is 0.255 e. The van der Waals surface area contributed by atoms with Crippen molar-refractivity contribution < 1.29 is 9.21 Å². The van der Waals surface area contributed by atoms with Gasteiger partial charge in [0, 0.05) is 17.3 Å². The van der Waals surface area contributed by atoms with Gasteiger partial charge in [-0.25, -0.2) is 4.98 Å². The lowest BCUT2D eigenvalue weighted by Gasteiger charge is -2.09. The predicted molar refractivity (Wildman–Crippen MR) is 101 cm³/mol. The number of halogens is 1. The predicted octanol–water partition coefficient (Wildman–Crippen LogP) is 5.10. The van der Waals surface area contributed by atoms with E-state index in [2.05, 4.69) is 15.3 Å². The number of hydrogen-bond acceptors (Lipinski definition) is 4. The Labute approximate surface area is 154 Å². The van der Waals surface area contributed by atoms with Gasteiger partial charge in [-0.15, -0.1) is 0 Å². The number of carbonyl (C=O) groups excluding carboxylic acids is 1. The molecule has 0 aliphatic heterocycles. The number of aryl methyl sites for hydroxylation is 1. The van der Waals surface area contributed by atoms with Crippen LogP contribution in [0.1, 0.15) is 15.9 Å². The third kappa shape index (κ3) is 3.17. The first kappa shape index (κ1) is 16.3. The minimum Gasteiger partial charge on any atom is -0.434 e. The van der Waals surface area contributed by atoms with E-state index in [4.69, 9.17) is 16.0 Å². The zero-order chi connectivity index (χ0) is 18.1. The van der Waals surface area contributed by atoms with E-state index in [0.717, 1.165) is 5.56 Å². The highest BCUT2D eigenvalue weighted by atomic mass is 35.5. The van der Waals surface area contributed by atoms with Crippen molar-refractivity contribution in [2.75, 3.05) is 5.32 Å². The molecule has 5 nitrogen and oxygen atoms in total. The van der Waals surface area contributed by atoms with Crippen molar-refractivity contribution in [2.24, 2.45) is 0 Å². The number of rotatable bonds is 3. The third-order valence-corrected chi connectivity index (χ3v) is 4.27. The highest BCUT2D eigenvalue weighted by Crippen LogP contribution is 2.30. The van der Waals surface area contributed by atoms with Crippen LogP contribution >= 0.6 is 11.6 Å². The lowest BCUT2D eigenvalue weighted by molar-refractivity contribution is 0.102. The summed E-state index contributed by atoms with van der Waals surface area (Å²) in [6.45, 7) is 1.97. The average molecular weight is 364 g/mol. The summed E-state index contributed by atoms with van der Waals surface area (Å²) in [7, 11) is 0. The fraction of sp³-hybridized carbons (Fsp3) is 0.0500. The molecule has 0 fully saturated rings. The van der Waals surface area contributed by atoms with Crippen molar-refractivity contribution in [3.63, 3.8) is 0 Å². The molecule has 1 N–H and O–H groups in total. The van der Waals surface area contributed by atoms with Gasteiger partial charge in [-0.3, -0.25) is 4.79 Å². The molecule has 0 radical (unpaired) electrons. The van der Waals surface area contributed by atoms with Gasteiger partial charge in [0.25, 0.3) is 5.91 Å². The molecule has 0 saturated carbocycles. The zero-order valence-corrected chi connectivity index (χ0v) is 14.6. The average Bonchev–Trinajstić information content (AvgIpc) is 3.08. The Hall–Kier alpha value is -3.18. The molecule has 0 saturated heterocycles. The summed E-state index contributed by atoms with van der Waals surface area (Å²) in [5, 5.41) is 3.27. The van der Waals surface area contributed by atoms with Crippen LogP contribution in [0, 0.1) is 6.92 Å². The summed E-state index contributed by atoms with van der Waals surface area (Å²) in [6, 6.07) is 16.1. The first-order valence-electron chi connectivity index (χ1n) is 8.00. The normalized spacial score (nSPS) is 10.8. The number of anilines is 1. The molecular weight excluding hydrogens is 350 g/mol. The van der Waals surface area contributed by atoms with E-state index in [9.17, 15) is 4.79 Å². The second-order valence-electron chi connectivity index (χ2n) is 5.86. The summed E-state index contributed by atoms with van der Waals surface area (Å²) in [6.07, 6.45) is 1.66. The summed E-state index contributed by atoms with van der Waals surface area (Å²) in [5.41, 5.74) is 3.97. The number of carbonyl (C=O) groups is 1. The highest BCUT2D eigenvalue weighted by molar-refractivity contribution is 6.34. The number of nitrogens with one attached hydrogen (secondary N) is 1. The quantitative estimate of drug-likeness (QED) is 0.549. The van der Waals surface area contributed by atoms with Gasteiger partial charge in [0.2, 0.25) is 5.89 Å². The van der Waals surface area contributed by atoms with Crippen LogP contribution in [0.3, 0.4) is 0 Å². The monoisotopic (exact) mass is 363 g/mol. The molecule has 1 amide bonds. The maximum absolute atomic E-state index is 12.4. The van der Waals surface area contributed by atoms with Crippen LogP contribution in [0.25, 0.3) is 22.7 Å². The first-order chi connectivity index (χ1) is 12.6. The van der Waals surface area contributed by atoms with Gasteiger partial charge < -0.3 is 9.73 Å². The molecule has 0 aliphatic carbocycles. The largest absolute Gasteiger partial charge is 0.434 e. The molecule has 4 rings (SSSR count). The third-order valence-electron chi connectivity index (χ3n) is 3.94. The molecule has 6 heteroatoms. The molecule has 0 bridgehead atoms. The van der Waals surface area contributed by atoms with Crippen molar-refractivity contribution in [1.29, 1.82) is 0 Å². The number of pyridine rings is 1. The van der Waals surface area contributed by atoms with E-state index in [1.165, 1.54) is 0 Å². The van der Waals surface area contributed by atoms with E-state index in [-0.39, 0.29) is 5.91 Å². The first-order valence-corrected chi connectivity index (χ1v) is 8.37. The fourth-order valence-corrected chi connectivity index (χ4v) is 2.71. The van der Waals surface area contributed by atoms with Crippen molar-refractivity contribution in [2.45, 2.75) is 6.92 Å². The van der Waals surface area contributed by atoms with Gasteiger partial charge in [-0.2, -0.15) is 4.98 Å². The molecule has 2 aromatic carbocycles. The Bertz CT molecular complexity index is 1070. The Morgan fingerprint density at radius 1 is 1.12 bits per heavy atom. The van der Waals surface area contributed by atoms with Crippen molar-refractivity contribution in [1.82, 2.24) is 9.97 Å². The molecule has 0 unspecified atom stereocenters. The number of aromatic nitrogens is 2. The summed E-state index contributed by atoms with van der Waals surface area (Å²) in [5.74, 6) is 0.185. The smallest absolute Gasteiger partial charge is 0.255 e. The van der Waals surface area contributed by atoms with E-state index in [1.54, 1.807) is 48.7 Å². The van der Waals surface area contributed by atoms with Crippen LogP contribution in [-0.4, -0.2) is 15.9 Å². The van der Waals surface area contributed by atoms with Crippen molar-refractivity contribution in [3.05, 3.63) is 76.9 Å². The Morgan fingerprint density at radius 2 is 1.92 bits per heavy atom. The van der Waals surface area contributed by atoms with Crippen LogP contribution in [0.4, 0.5) is 5.69 Å². The van der Waals surface area contributed by atoms with E-state index in [1.807, 2.05) is 19.1 Å². The SMILES string of the molecule is Cc1ccc(C(=O)Nc2cc(-c3nc4ncccc4o3)ccc2Cl)cc1. The molecule has 128 valence electrons. The van der Waals surface area contributed by atoms with Gasteiger partial charge in [-0.05, 0) is 49.4 Å². The minimum absolute atomic E-state index is 0.233. The van der Waals surface area contributed by atoms with Crippen LogP contribution in [0.5, 0.6) is 0 Å². The Morgan fingerprint density at radius 3 is 2.69 bits per heavy atom. The summed E-state index contributed by atoms with van der Waals surface area (Å²) in [4.78, 5) is 21.0. The molecule has 0 atom stereocenters.